The van der Waals surface area contributed by atoms with Gasteiger partial charge in [0.1, 0.15) is 6.10 Å². The summed E-state index contributed by atoms with van der Waals surface area (Å²) in [6.07, 6.45) is 8.85. The van der Waals surface area contributed by atoms with E-state index in [2.05, 4.69) is 54.6 Å². The van der Waals surface area contributed by atoms with Crippen molar-refractivity contribution in [1.29, 1.82) is 0 Å². The van der Waals surface area contributed by atoms with Crippen molar-refractivity contribution in [3.63, 3.8) is 0 Å². The van der Waals surface area contributed by atoms with Crippen LogP contribution in [0.2, 0.25) is 18.1 Å². The van der Waals surface area contributed by atoms with E-state index in [1.54, 1.807) is 6.92 Å². The van der Waals surface area contributed by atoms with Crippen LogP contribution in [0.15, 0.2) is 0 Å². The molecule has 1 aliphatic heterocycles. The Bertz CT molecular complexity index is 800. The summed E-state index contributed by atoms with van der Waals surface area (Å²) in [7, 11) is -1.77. The van der Waals surface area contributed by atoms with E-state index in [1.165, 1.54) is 19.3 Å². The van der Waals surface area contributed by atoms with Gasteiger partial charge in [-0.05, 0) is 73.9 Å². The molecule has 7 atom stereocenters. The van der Waals surface area contributed by atoms with Gasteiger partial charge in [0.15, 0.2) is 14.1 Å². The summed E-state index contributed by atoms with van der Waals surface area (Å²) in [4.78, 5) is 12.5. The highest BCUT2D eigenvalue weighted by molar-refractivity contribution is 6.74. The van der Waals surface area contributed by atoms with Crippen LogP contribution in [0.5, 0.6) is 0 Å². The van der Waals surface area contributed by atoms with Crippen molar-refractivity contribution in [3.05, 3.63) is 0 Å². The minimum Gasteiger partial charge on any atom is -0.462 e. The fraction of sp³-hybridized carbons (Fsp3) is 0.967. The molecule has 0 aromatic rings. The first-order valence-corrected chi connectivity index (χ1v) is 17.7. The lowest BCUT2D eigenvalue weighted by Gasteiger charge is -2.57. The van der Waals surface area contributed by atoms with Crippen LogP contribution in [0.4, 0.5) is 0 Å². The van der Waals surface area contributed by atoms with E-state index in [4.69, 9.17) is 18.6 Å². The van der Waals surface area contributed by atoms with E-state index in [0.29, 0.717) is 31.0 Å². The molecule has 0 radical (unpaired) electrons. The number of ether oxygens (including phenoxy) is 3. The highest BCUT2D eigenvalue weighted by Gasteiger charge is 2.67. The van der Waals surface area contributed by atoms with Crippen molar-refractivity contribution in [2.75, 3.05) is 19.8 Å². The molecule has 0 N–H and O–H groups in total. The Morgan fingerprint density at radius 2 is 1.64 bits per heavy atom. The summed E-state index contributed by atoms with van der Waals surface area (Å²) in [6, 6.07) is 0. The van der Waals surface area contributed by atoms with Gasteiger partial charge in [-0.25, -0.2) is 0 Å². The molecule has 0 aromatic heterocycles. The van der Waals surface area contributed by atoms with Gasteiger partial charge in [0.2, 0.25) is 0 Å². The van der Waals surface area contributed by atoms with Gasteiger partial charge in [-0.3, -0.25) is 4.79 Å². The number of carbonyl (C=O) groups excluding carboxylic acids is 1. The lowest BCUT2D eigenvalue weighted by atomic mass is 9.50. The third kappa shape index (κ3) is 4.86. The molecule has 4 fully saturated rings. The summed E-state index contributed by atoms with van der Waals surface area (Å²) < 4.78 is 25.6. The Balaban J connectivity index is 1.57. The fourth-order valence-corrected chi connectivity index (χ4v) is 9.33. The maximum atomic E-state index is 12.5. The van der Waals surface area contributed by atoms with Crippen LogP contribution >= 0.6 is 0 Å². The van der Waals surface area contributed by atoms with E-state index in [-0.39, 0.29) is 27.9 Å². The van der Waals surface area contributed by atoms with Crippen molar-refractivity contribution < 1.29 is 23.4 Å². The third-order valence-corrected chi connectivity index (χ3v) is 16.2. The van der Waals surface area contributed by atoms with Crippen molar-refractivity contribution in [2.24, 2.45) is 34.5 Å². The highest BCUT2D eigenvalue weighted by atomic mass is 28.4. The van der Waals surface area contributed by atoms with E-state index < -0.39 is 14.1 Å². The maximum absolute atomic E-state index is 12.5. The van der Waals surface area contributed by atoms with Gasteiger partial charge in [0.05, 0.1) is 13.2 Å². The summed E-state index contributed by atoms with van der Waals surface area (Å²) in [5.74, 6) is 1.37. The lowest BCUT2D eigenvalue weighted by molar-refractivity contribution is -0.252. The number of rotatable bonds is 6. The first-order chi connectivity index (χ1) is 16.7. The molecule has 6 heteroatoms. The monoisotopic (exact) mass is 522 g/mol. The van der Waals surface area contributed by atoms with Gasteiger partial charge in [-0.15, -0.1) is 0 Å². The van der Waals surface area contributed by atoms with E-state index in [0.717, 1.165) is 44.6 Å². The molecule has 1 heterocycles. The molecule has 36 heavy (non-hydrogen) atoms. The molecule has 3 saturated carbocycles. The van der Waals surface area contributed by atoms with Gasteiger partial charge in [-0.2, -0.15) is 0 Å². The zero-order valence-electron chi connectivity index (χ0n) is 24.7. The molecule has 0 amide bonds. The van der Waals surface area contributed by atoms with Crippen LogP contribution in [0, 0.1) is 34.5 Å². The van der Waals surface area contributed by atoms with E-state index in [1.807, 2.05) is 0 Å². The van der Waals surface area contributed by atoms with E-state index >= 15 is 0 Å². The largest absolute Gasteiger partial charge is 0.462 e. The Morgan fingerprint density at radius 1 is 1.00 bits per heavy atom. The van der Waals surface area contributed by atoms with Gasteiger partial charge < -0.3 is 18.6 Å². The van der Waals surface area contributed by atoms with Gasteiger partial charge in [0.25, 0.3) is 0 Å². The standard InChI is InChI=1S/C30H54O5Si/c1-21-10-14-28(6,23(20-21)13-17-34-36(8,9)27(3,4)5)24-11-15-29(7)25(26(24)35-22(2)31)12-16-30(29)32-18-19-33-30/h21,23-26H,10-20H2,1-9H3/t21-,23-,24-,25-,26+,28-,29-/m0/s1. The second-order valence-electron chi connectivity index (χ2n) is 14.7. The number of hydrogen-bond acceptors (Lipinski definition) is 5. The summed E-state index contributed by atoms with van der Waals surface area (Å²) in [6.45, 7) is 22.7. The average Bonchev–Trinajstić information content (AvgIpc) is 3.36. The van der Waals surface area contributed by atoms with Crippen LogP contribution in [-0.4, -0.2) is 46.0 Å². The third-order valence-electron chi connectivity index (χ3n) is 11.7. The number of carbonyl (C=O) groups is 1. The van der Waals surface area contributed by atoms with Crippen molar-refractivity contribution in [1.82, 2.24) is 0 Å². The van der Waals surface area contributed by atoms with E-state index in [9.17, 15) is 4.79 Å². The number of fused-ring (bicyclic) bond motifs is 2. The SMILES string of the molecule is CC(=O)O[C@@H]1[C@@H]([C@@]2(C)CC[C@H](C)C[C@@H]2CCO[Si](C)(C)C(C)(C)C)CC[C@@]2(C)[C@H]1CCC21OCCO1. The van der Waals surface area contributed by atoms with Crippen LogP contribution in [0.3, 0.4) is 0 Å². The quantitative estimate of drug-likeness (QED) is 0.270. The van der Waals surface area contributed by atoms with Crippen molar-refractivity contribution in [2.45, 2.75) is 130 Å². The minimum atomic E-state index is -1.77. The molecule has 5 nitrogen and oxygen atoms in total. The molecule has 4 aliphatic rings. The van der Waals surface area contributed by atoms with Crippen LogP contribution in [0.25, 0.3) is 0 Å². The second kappa shape index (κ2) is 9.95. The predicted octanol–water partition coefficient (Wildman–Crippen LogP) is 7.34. The molecular formula is C30H54O5Si. The van der Waals surface area contributed by atoms with Gasteiger partial charge in [0, 0.05) is 37.2 Å². The molecule has 1 saturated heterocycles. The Morgan fingerprint density at radius 3 is 2.25 bits per heavy atom. The minimum absolute atomic E-state index is 0.0596. The molecule has 0 bridgehead atoms. The maximum Gasteiger partial charge on any atom is 0.302 e. The van der Waals surface area contributed by atoms with Gasteiger partial charge >= 0.3 is 5.97 Å². The first kappa shape index (κ1) is 28.6. The molecule has 208 valence electrons. The summed E-state index contributed by atoms with van der Waals surface area (Å²) >= 11 is 0. The zero-order chi connectivity index (χ0) is 26.6. The zero-order valence-corrected chi connectivity index (χ0v) is 25.7. The topological polar surface area (TPSA) is 54.0 Å². The molecule has 0 unspecified atom stereocenters. The molecule has 1 spiro atoms. The summed E-state index contributed by atoms with van der Waals surface area (Å²) in [5.41, 5.74) is 0.0528. The second-order valence-corrected chi connectivity index (χ2v) is 19.5. The summed E-state index contributed by atoms with van der Waals surface area (Å²) in [5, 5.41) is 0.229. The molecule has 3 aliphatic carbocycles. The first-order valence-electron chi connectivity index (χ1n) is 14.7. The van der Waals surface area contributed by atoms with Crippen molar-refractivity contribution >= 4 is 14.3 Å². The van der Waals surface area contributed by atoms with Crippen molar-refractivity contribution in [3.8, 4) is 0 Å². The Kier molecular flexibility index (Phi) is 7.90. The highest BCUT2D eigenvalue weighted by Crippen LogP contribution is 2.65. The van der Waals surface area contributed by atoms with Gasteiger partial charge in [-0.1, -0.05) is 48.0 Å². The number of hydrogen-bond donors (Lipinski definition) is 0. The normalized spacial score (nSPS) is 40.9. The fourth-order valence-electron chi connectivity index (χ4n) is 8.27. The lowest BCUT2D eigenvalue weighted by Crippen LogP contribution is -2.58. The Labute approximate surface area is 221 Å². The smallest absolute Gasteiger partial charge is 0.302 e. The van der Waals surface area contributed by atoms with Crippen LogP contribution in [-0.2, 0) is 23.4 Å². The average molecular weight is 523 g/mol. The van der Waals surface area contributed by atoms with Crippen LogP contribution in [0.1, 0.15) is 99.8 Å². The predicted molar refractivity (Wildman–Crippen MR) is 146 cm³/mol. The molecular weight excluding hydrogens is 468 g/mol. The molecule has 0 aromatic carbocycles. The number of esters is 1. The molecule has 4 rings (SSSR count). The van der Waals surface area contributed by atoms with Crippen LogP contribution < -0.4 is 0 Å². The Hall–Kier alpha value is -0.433.